The third-order valence-corrected chi connectivity index (χ3v) is 5.89. The summed E-state index contributed by atoms with van der Waals surface area (Å²) >= 11 is 2.28. The zero-order valence-electron chi connectivity index (χ0n) is 14.7. The molecule has 1 aromatic carbocycles. The van der Waals surface area contributed by atoms with Crippen molar-refractivity contribution in [1.82, 2.24) is 3.53 Å². The molecule has 128 valence electrons. The van der Waals surface area contributed by atoms with Crippen LogP contribution < -0.4 is 8.43 Å². The molecule has 0 bridgehead atoms. The molecule has 1 heterocycles. The smallest absolute Gasteiger partial charge is 0.116 e. The van der Waals surface area contributed by atoms with E-state index in [-0.39, 0.29) is 5.66 Å². The van der Waals surface area contributed by atoms with Crippen molar-refractivity contribution in [2.45, 2.75) is 70.9 Å². The van der Waals surface area contributed by atoms with Gasteiger partial charge in [0.1, 0.15) is 5.66 Å². The van der Waals surface area contributed by atoms with Crippen LogP contribution in [0.5, 0.6) is 0 Å². The molecule has 1 aliphatic heterocycles. The van der Waals surface area contributed by atoms with Gasteiger partial charge in [-0.05, 0) is 31.1 Å². The molecule has 0 radical (unpaired) electrons. The van der Waals surface area contributed by atoms with Gasteiger partial charge in [0.15, 0.2) is 0 Å². The van der Waals surface area contributed by atoms with Gasteiger partial charge < -0.3 is 4.90 Å². The Hall–Kier alpha value is -0.550. The molecule has 1 N–H and O–H groups in total. The number of benzene rings is 1. The van der Waals surface area contributed by atoms with Gasteiger partial charge in [0, 0.05) is 35.1 Å². The maximum absolute atomic E-state index is 3.46. The number of rotatable bonds is 10. The minimum atomic E-state index is -0.0873. The Balaban J connectivity index is 1.83. The molecule has 1 aromatic rings. The highest BCUT2D eigenvalue weighted by molar-refractivity contribution is 14.1. The SMILES string of the molecule is CCCCCCCCCCN1c2ccccc2C=CC1(C)NI. The zero-order valence-corrected chi connectivity index (χ0v) is 16.8. The van der Waals surface area contributed by atoms with Crippen LogP contribution >= 0.6 is 22.9 Å². The van der Waals surface area contributed by atoms with Gasteiger partial charge in [0.05, 0.1) is 0 Å². The first-order chi connectivity index (χ1) is 11.2. The number of anilines is 1. The van der Waals surface area contributed by atoms with Crippen LogP contribution in [-0.4, -0.2) is 12.2 Å². The van der Waals surface area contributed by atoms with Crippen molar-refractivity contribution >= 4 is 34.6 Å². The van der Waals surface area contributed by atoms with Crippen LogP contribution in [0.1, 0.15) is 70.8 Å². The monoisotopic (exact) mass is 426 g/mol. The highest BCUT2D eigenvalue weighted by atomic mass is 127. The van der Waals surface area contributed by atoms with Gasteiger partial charge in [-0.25, -0.2) is 3.53 Å². The second-order valence-electron chi connectivity index (χ2n) is 6.76. The Morgan fingerprint density at radius 2 is 1.65 bits per heavy atom. The molecule has 0 aliphatic carbocycles. The average molecular weight is 426 g/mol. The predicted molar refractivity (Wildman–Crippen MR) is 111 cm³/mol. The maximum Gasteiger partial charge on any atom is 0.116 e. The van der Waals surface area contributed by atoms with Gasteiger partial charge in [-0.1, -0.05) is 76.1 Å². The molecule has 0 saturated carbocycles. The van der Waals surface area contributed by atoms with Crippen LogP contribution in [0.3, 0.4) is 0 Å². The number of nitrogens with zero attached hydrogens (tertiary/aromatic N) is 1. The number of nitrogens with one attached hydrogen (secondary N) is 1. The fourth-order valence-electron chi connectivity index (χ4n) is 3.31. The molecule has 0 spiro atoms. The lowest BCUT2D eigenvalue weighted by Gasteiger charge is -2.43. The molecule has 1 atom stereocenters. The fourth-order valence-corrected chi connectivity index (χ4v) is 3.78. The topological polar surface area (TPSA) is 15.3 Å². The third kappa shape index (κ3) is 5.21. The summed E-state index contributed by atoms with van der Waals surface area (Å²) in [5.74, 6) is 0. The number of halogens is 1. The van der Waals surface area contributed by atoms with E-state index in [1.165, 1.54) is 62.6 Å². The summed E-state index contributed by atoms with van der Waals surface area (Å²) in [5, 5.41) is 0. The Morgan fingerprint density at radius 1 is 1.00 bits per heavy atom. The van der Waals surface area contributed by atoms with Gasteiger partial charge in [0.2, 0.25) is 0 Å². The van der Waals surface area contributed by atoms with E-state index in [0.717, 1.165) is 6.54 Å². The zero-order chi connectivity index (χ0) is 16.5. The first kappa shape index (κ1) is 18.8. The van der Waals surface area contributed by atoms with E-state index >= 15 is 0 Å². The summed E-state index contributed by atoms with van der Waals surface area (Å²) in [6.07, 6.45) is 15.5. The summed E-state index contributed by atoms with van der Waals surface area (Å²) in [5.41, 5.74) is 2.59. The van der Waals surface area contributed by atoms with E-state index < -0.39 is 0 Å². The van der Waals surface area contributed by atoms with E-state index in [1.807, 2.05) is 0 Å². The quantitative estimate of drug-likeness (QED) is 0.268. The van der Waals surface area contributed by atoms with E-state index in [0.29, 0.717) is 0 Å². The van der Waals surface area contributed by atoms with Crippen LogP contribution in [0.15, 0.2) is 30.3 Å². The second kappa shape index (κ2) is 9.67. The third-order valence-electron chi connectivity index (χ3n) is 4.80. The van der Waals surface area contributed by atoms with E-state index in [4.69, 9.17) is 0 Å². The van der Waals surface area contributed by atoms with Crippen molar-refractivity contribution in [3.63, 3.8) is 0 Å². The minimum absolute atomic E-state index is 0.0873. The normalized spacial score (nSPS) is 19.9. The van der Waals surface area contributed by atoms with E-state index in [2.05, 4.69) is 81.6 Å². The van der Waals surface area contributed by atoms with Crippen molar-refractivity contribution in [3.05, 3.63) is 35.9 Å². The molecule has 0 fully saturated rings. The van der Waals surface area contributed by atoms with Crippen molar-refractivity contribution in [1.29, 1.82) is 0 Å². The van der Waals surface area contributed by atoms with Crippen LogP contribution in [0.4, 0.5) is 5.69 Å². The standard InChI is InChI=1S/C20H31IN2/c1-3-4-5-6-7-8-9-12-17-23-19-14-11-10-13-18(19)15-16-20(23,2)22-21/h10-11,13-16,22H,3-9,12,17H2,1-2H3. The molecule has 3 heteroatoms. The fraction of sp³-hybridized carbons (Fsp3) is 0.600. The number of fused-ring (bicyclic) bond motifs is 1. The summed E-state index contributed by atoms with van der Waals surface area (Å²) in [4.78, 5) is 2.52. The first-order valence-electron chi connectivity index (χ1n) is 9.15. The maximum atomic E-state index is 3.46. The molecule has 0 amide bonds. The molecule has 0 aromatic heterocycles. The van der Waals surface area contributed by atoms with Crippen LogP contribution in [0.25, 0.3) is 6.08 Å². The van der Waals surface area contributed by atoms with Gasteiger partial charge >= 0.3 is 0 Å². The molecular weight excluding hydrogens is 395 g/mol. The van der Waals surface area contributed by atoms with Crippen LogP contribution in [0.2, 0.25) is 0 Å². The number of hydrogen-bond acceptors (Lipinski definition) is 2. The number of para-hydroxylation sites is 1. The van der Waals surface area contributed by atoms with Crippen molar-refractivity contribution in [2.75, 3.05) is 11.4 Å². The van der Waals surface area contributed by atoms with Crippen molar-refractivity contribution in [3.8, 4) is 0 Å². The van der Waals surface area contributed by atoms with E-state index in [9.17, 15) is 0 Å². The summed E-state index contributed by atoms with van der Waals surface area (Å²) in [6.45, 7) is 5.66. The van der Waals surface area contributed by atoms with E-state index in [1.54, 1.807) is 0 Å². The molecular formula is C20H31IN2. The highest BCUT2D eigenvalue weighted by Crippen LogP contribution is 2.34. The Labute approximate surface area is 156 Å². The van der Waals surface area contributed by atoms with Crippen LogP contribution in [0, 0.1) is 0 Å². The van der Waals surface area contributed by atoms with Crippen molar-refractivity contribution < 1.29 is 0 Å². The van der Waals surface area contributed by atoms with Gasteiger partial charge in [-0.2, -0.15) is 0 Å². The van der Waals surface area contributed by atoms with Crippen molar-refractivity contribution in [2.24, 2.45) is 0 Å². The molecule has 2 nitrogen and oxygen atoms in total. The highest BCUT2D eigenvalue weighted by Gasteiger charge is 2.31. The molecule has 2 rings (SSSR count). The van der Waals surface area contributed by atoms with Gasteiger partial charge in [-0.15, -0.1) is 0 Å². The molecule has 23 heavy (non-hydrogen) atoms. The lowest BCUT2D eigenvalue weighted by atomic mass is 9.99. The molecule has 1 unspecified atom stereocenters. The van der Waals surface area contributed by atoms with Gasteiger partial charge in [0.25, 0.3) is 0 Å². The predicted octanol–water partition coefficient (Wildman–Crippen LogP) is 6.32. The van der Waals surface area contributed by atoms with Gasteiger partial charge in [-0.3, -0.25) is 0 Å². The Bertz CT molecular complexity index is 500. The lowest BCUT2D eigenvalue weighted by molar-refractivity contribution is 0.487. The summed E-state index contributed by atoms with van der Waals surface area (Å²) in [6, 6.07) is 8.72. The summed E-state index contributed by atoms with van der Waals surface area (Å²) in [7, 11) is 0. The number of hydrogen-bond donors (Lipinski definition) is 1. The number of unbranched alkanes of at least 4 members (excludes halogenated alkanes) is 7. The average Bonchev–Trinajstić information content (AvgIpc) is 2.59. The summed E-state index contributed by atoms with van der Waals surface area (Å²) < 4.78 is 3.46. The second-order valence-corrected chi connectivity index (χ2v) is 7.30. The first-order valence-corrected chi connectivity index (χ1v) is 10.2. The molecule has 0 saturated heterocycles. The lowest BCUT2D eigenvalue weighted by Crippen LogP contribution is -2.54. The Morgan fingerprint density at radius 3 is 2.35 bits per heavy atom. The van der Waals surface area contributed by atoms with Crippen LogP contribution in [-0.2, 0) is 0 Å². The molecule has 1 aliphatic rings. The Kier molecular flexibility index (Phi) is 7.90. The largest absolute Gasteiger partial charge is 0.349 e. The minimum Gasteiger partial charge on any atom is -0.349 e.